The van der Waals surface area contributed by atoms with Crippen LogP contribution in [-0.2, 0) is 15.0 Å². The van der Waals surface area contributed by atoms with Crippen LogP contribution in [0.2, 0.25) is 0 Å². The summed E-state index contributed by atoms with van der Waals surface area (Å²) in [5.41, 5.74) is 1.35. The third-order valence-corrected chi connectivity index (χ3v) is 5.87. The SMILES string of the molecule is Cc1cc(NC(=O)CSCC(=O)NCC2(c3ccccc3)CCCC2)no1. The Morgan fingerprint density at radius 2 is 1.85 bits per heavy atom. The summed E-state index contributed by atoms with van der Waals surface area (Å²) in [5, 5.41) is 9.43. The molecule has 6 nitrogen and oxygen atoms in total. The Labute approximate surface area is 163 Å². The second-order valence-corrected chi connectivity index (χ2v) is 7.98. The largest absolute Gasteiger partial charge is 0.360 e. The maximum atomic E-state index is 12.2. The highest BCUT2D eigenvalue weighted by molar-refractivity contribution is 8.00. The van der Waals surface area contributed by atoms with Crippen molar-refractivity contribution < 1.29 is 14.1 Å². The highest BCUT2D eigenvalue weighted by Crippen LogP contribution is 2.40. The van der Waals surface area contributed by atoms with Crippen molar-refractivity contribution in [2.45, 2.75) is 38.0 Å². The second kappa shape index (κ2) is 9.08. The van der Waals surface area contributed by atoms with Crippen LogP contribution in [0.1, 0.15) is 37.0 Å². The molecule has 1 aromatic heterocycles. The minimum absolute atomic E-state index is 0.0349. The summed E-state index contributed by atoms with van der Waals surface area (Å²) < 4.78 is 4.90. The predicted molar refractivity (Wildman–Crippen MR) is 107 cm³/mol. The van der Waals surface area contributed by atoms with Crippen LogP contribution in [-0.4, -0.2) is 35.0 Å². The molecule has 0 unspecified atom stereocenters. The number of amides is 2. The summed E-state index contributed by atoms with van der Waals surface area (Å²) in [4.78, 5) is 24.1. The summed E-state index contributed by atoms with van der Waals surface area (Å²) in [6, 6.07) is 12.1. The van der Waals surface area contributed by atoms with Crippen molar-refractivity contribution in [2.75, 3.05) is 23.4 Å². The maximum absolute atomic E-state index is 12.2. The molecule has 2 amide bonds. The van der Waals surface area contributed by atoms with Crippen LogP contribution in [0.5, 0.6) is 0 Å². The second-order valence-electron chi connectivity index (χ2n) is 6.99. The van der Waals surface area contributed by atoms with Gasteiger partial charge in [-0.1, -0.05) is 48.3 Å². The molecule has 7 heteroatoms. The zero-order valence-electron chi connectivity index (χ0n) is 15.5. The molecule has 0 spiro atoms. The third-order valence-electron chi connectivity index (χ3n) is 4.93. The van der Waals surface area contributed by atoms with Crippen molar-refractivity contribution in [1.82, 2.24) is 10.5 Å². The Bertz CT molecular complexity index is 770. The van der Waals surface area contributed by atoms with E-state index in [1.165, 1.54) is 30.2 Å². The number of hydrogen-bond donors (Lipinski definition) is 2. The van der Waals surface area contributed by atoms with Gasteiger partial charge in [-0.2, -0.15) is 0 Å². The van der Waals surface area contributed by atoms with Gasteiger partial charge in [0.1, 0.15) is 5.76 Å². The molecule has 1 fully saturated rings. The van der Waals surface area contributed by atoms with Gasteiger partial charge in [0.2, 0.25) is 11.8 Å². The van der Waals surface area contributed by atoms with E-state index < -0.39 is 0 Å². The lowest BCUT2D eigenvalue weighted by Gasteiger charge is -2.30. The normalized spacial score (nSPS) is 15.4. The van der Waals surface area contributed by atoms with E-state index in [0.717, 1.165) is 12.8 Å². The van der Waals surface area contributed by atoms with Gasteiger partial charge < -0.3 is 15.2 Å². The molecular weight excluding hydrogens is 362 g/mol. The van der Waals surface area contributed by atoms with Crippen molar-refractivity contribution in [2.24, 2.45) is 0 Å². The molecule has 2 aromatic rings. The van der Waals surface area contributed by atoms with Gasteiger partial charge in [-0.15, -0.1) is 11.8 Å². The Kier molecular flexibility index (Phi) is 6.55. The number of anilines is 1. The van der Waals surface area contributed by atoms with Gasteiger partial charge in [0.25, 0.3) is 0 Å². The lowest BCUT2D eigenvalue weighted by Crippen LogP contribution is -2.39. The topological polar surface area (TPSA) is 84.2 Å². The van der Waals surface area contributed by atoms with Crippen molar-refractivity contribution in [3.8, 4) is 0 Å². The summed E-state index contributed by atoms with van der Waals surface area (Å²) in [5.74, 6) is 1.26. The van der Waals surface area contributed by atoms with E-state index in [0.29, 0.717) is 18.1 Å². The number of benzene rings is 1. The van der Waals surface area contributed by atoms with Crippen LogP contribution >= 0.6 is 11.8 Å². The molecule has 0 radical (unpaired) electrons. The minimum Gasteiger partial charge on any atom is -0.360 e. The maximum Gasteiger partial charge on any atom is 0.235 e. The minimum atomic E-state index is -0.197. The van der Waals surface area contributed by atoms with Gasteiger partial charge >= 0.3 is 0 Å². The third kappa shape index (κ3) is 5.35. The van der Waals surface area contributed by atoms with Crippen molar-refractivity contribution in [1.29, 1.82) is 0 Å². The average Bonchev–Trinajstić information content (AvgIpc) is 3.31. The smallest absolute Gasteiger partial charge is 0.235 e. The lowest BCUT2D eigenvalue weighted by atomic mass is 9.79. The number of carbonyl (C=O) groups excluding carboxylic acids is 2. The van der Waals surface area contributed by atoms with E-state index in [2.05, 4.69) is 40.1 Å². The van der Waals surface area contributed by atoms with Crippen LogP contribution in [0, 0.1) is 6.92 Å². The number of thioether (sulfide) groups is 1. The zero-order valence-corrected chi connectivity index (χ0v) is 16.3. The Hall–Kier alpha value is -2.28. The van der Waals surface area contributed by atoms with Gasteiger partial charge in [0.15, 0.2) is 5.82 Å². The van der Waals surface area contributed by atoms with Crippen molar-refractivity contribution >= 4 is 29.4 Å². The Balaban J connectivity index is 1.42. The van der Waals surface area contributed by atoms with Crippen LogP contribution in [0.25, 0.3) is 0 Å². The van der Waals surface area contributed by atoms with Crippen LogP contribution in [0.3, 0.4) is 0 Å². The van der Waals surface area contributed by atoms with E-state index in [1.807, 2.05) is 6.07 Å². The zero-order chi connectivity index (χ0) is 19.1. The molecule has 1 heterocycles. The molecule has 1 aliphatic carbocycles. The van der Waals surface area contributed by atoms with Crippen LogP contribution < -0.4 is 10.6 Å². The molecule has 0 bridgehead atoms. The van der Waals surface area contributed by atoms with Gasteiger partial charge in [-0.05, 0) is 25.3 Å². The van der Waals surface area contributed by atoms with E-state index >= 15 is 0 Å². The van der Waals surface area contributed by atoms with Crippen molar-refractivity contribution in [3.63, 3.8) is 0 Å². The first-order valence-electron chi connectivity index (χ1n) is 9.21. The van der Waals surface area contributed by atoms with Crippen molar-refractivity contribution in [3.05, 3.63) is 47.7 Å². The predicted octanol–water partition coefficient (Wildman–Crippen LogP) is 3.28. The van der Waals surface area contributed by atoms with E-state index in [4.69, 9.17) is 4.52 Å². The number of carbonyl (C=O) groups is 2. The summed E-state index contributed by atoms with van der Waals surface area (Å²) in [7, 11) is 0. The number of nitrogens with one attached hydrogen (secondary N) is 2. The molecule has 1 saturated carbocycles. The van der Waals surface area contributed by atoms with Gasteiger partial charge in [-0.25, -0.2) is 0 Å². The fourth-order valence-electron chi connectivity index (χ4n) is 3.57. The number of rotatable bonds is 8. The van der Waals surface area contributed by atoms with Crippen LogP contribution in [0.4, 0.5) is 5.82 Å². The summed E-state index contributed by atoms with van der Waals surface area (Å²) in [6.45, 7) is 2.41. The molecule has 27 heavy (non-hydrogen) atoms. The highest BCUT2D eigenvalue weighted by Gasteiger charge is 2.35. The first-order chi connectivity index (χ1) is 13.1. The lowest BCUT2D eigenvalue weighted by molar-refractivity contribution is -0.118. The molecule has 0 aliphatic heterocycles. The highest BCUT2D eigenvalue weighted by atomic mass is 32.2. The molecule has 0 saturated heterocycles. The number of hydrogen-bond acceptors (Lipinski definition) is 5. The van der Waals surface area contributed by atoms with E-state index in [9.17, 15) is 9.59 Å². The monoisotopic (exact) mass is 387 g/mol. The first kappa shape index (κ1) is 19.5. The average molecular weight is 388 g/mol. The molecule has 1 aliphatic rings. The molecular formula is C20H25N3O3S. The van der Waals surface area contributed by atoms with Gasteiger partial charge in [0.05, 0.1) is 11.5 Å². The summed E-state index contributed by atoms with van der Waals surface area (Å²) in [6.07, 6.45) is 4.59. The molecule has 0 atom stereocenters. The number of nitrogens with zero attached hydrogens (tertiary/aromatic N) is 1. The quantitative estimate of drug-likeness (QED) is 0.726. The molecule has 144 valence electrons. The number of aromatic nitrogens is 1. The van der Waals surface area contributed by atoms with E-state index in [-0.39, 0.29) is 28.7 Å². The summed E-state index contributed by atoms with van der Waals surface area (Å²) >= 11 is 1.29. The first-order valence-corrected chi connectivity index (χ1v) is 10.4. The van der Waals surface area contributed by atoms with Gasteiger partial charge in [0, 0.05) is 18.0 Å². The molecule has 1 aromatic carbocycles. The number of aryl methyl sites for hydroxylation is 1. The fourth-order valence-corrected chi connectivity index (χ4v) is 4.22. The molecule has 3 rings (SSSR count). The van der Waals surface area contributed by atoms with Gasteiger partial charge in [-0.3, -0.25) is 9.59 Å². The van der Waals surface area contributed by atoms with E-state index in [1.54, 1.807) is 13.0 Å². The molecule has 2 N–H and O–H groups in total. The standard InChI is InChI=1S/C20H25N3O3S/c1-15-11-17(23-26-15)22-19(25)13-27-12-18(24)21-14-20(9-5-6-10-20)16-7-3-2-4-8-16/h2-4,7-8,11H,5-6,9-10,12-14H2,1H3,(H,21,24)(H,22,23,25). The van der Waals surface area contributed by atoms with Crippen LogP contribution in [0.15, 0.2) is 40.9 Å². The fraction of sp³-hybridized carbons (Fsp3) is 0.450. The Morgan fingerprint density at radius 1 is 1.15 bits per heavy atom. The Morgan fingerprint density at radius 3 is 2.52 bits per heavy atom.